The fourth-order valence-corrected chi connectivity index (χ4v) is 5.34. The normalized spacial score (nSPS) is 23.3. The van der Waals surface area contributed by atoms with Crippen LogP contribution in [0.25, 0.3) is 0 Å². The molecule has 2 saturated heterocycles. The highest BCUT2D eigenvalue weighted by atomic mass is 35.5. The third-order valence-electron chi connectivity index (χ3n) is 6.78. The molecule has 176 valence electrons. The van der Waals surface area contributed by atoms with Gasteiger partial charge in [0.25, 0.3) is 5.91 Å². The lowest BCUT2D eigenvalue weighted by Gasteiger charge is -2.44. The standard InChI is InChI=1S/C25H28Cl3N3O2/c1-30(24(32)16-5-8-18(26)9-6-16)23-11-13-31(25(33)22-4-2-3-12-29-22)15-19(23)17-7-10-20(27)21(28)14-17/h5-10,14,19,22-23,29H,2-4,11-13,15H2,1H3/t19-,22?,23+/m0/s1. The first-order valence-corrected chi connectivity index (χ1v) is 12.5. The van der Waals surface area contributed by atoms with Gasteiger partial charge in [-0.15, -0.1) is 0 Å². The molecule has 1 unspecified atom stereocenters. The molecule has 2 aliphatic heterocycles. The molecule has 2 amide bonds. The van der Waals surface area contributed by atoms with Gasteiger partial charge in [0.05, 0.1) is 16.1 Å². The van der Waals surface area contributed by atoms with Crippen molar-refractivity contribution < 1.29 is 9.59 Å². The summed E-state index contributed by atoms with van der Waals surface area (Å²) >= 11 is 18.5. The van der Waals surface area contributed by atoms with Crippen molar-refractivity contribution >= 4 is 46.6 Å². The van der Waals surface area contributed by atoms with E-state index in [1.807, 2.05) is 24.1 Å². The van der Waals surface area contributed by atoms with E-state index in [0.29, 0.717) is 40.1 Å². The molecule has 2 aromatic rings. The Morgan fingerprint density at radius 1 is 1.00 bits per heavy atom. The maximum atomic E-state index is 13.3. The number of rotatable bonds is 4. The summed E-state index contributed by atoms with van der Waals surface area (Å²) in [7, 11) is 1.83. The summed E-state index contributed by atoms with van der Waals surface area (Å²) < 4.78 is 0. The second-order valence-electron chi connectivity index (χ2n) is 8.85. The van der Waals surface area contributed by atoms with E-state index < -0.39 is 0 Å². The molecule has 2 heterocycles. The molecule has 0 aliphatic carbocycles. The number of amides is 2. The lowest BCUT2D eigenvalue weighted by atomic mass is 9.84. The second-order valence-corrected chi connectivity index (χ2v) is 10.1. The quantitative estimate of drug-likeness (QED) is 0.614. The van der Waals surface area contributed by atoms with Gasteiger partial charge in [0.1, 0.15) is 0 Å². The Hall–Kier alpha value is -1.79. The number of hydrogen-bond donors (Lipinski definition) is 1. The average Bonchev–Trinajstić information content (AvgIpc) is 2.85. The molecule has 8 heteroatoms. The largest absolute Gasteiger partial charge is 0.341 e. The third-order valence-corrected chi connectivity index (χ3v) is 7.77. The Bertz CT molecular complexity index is 1010. The molecule has 2 fully saturated rings. The zero-order chi connectivity index (χ0) is 23.5. The van der Waals surface area contributed by atoms with Crippen LogP contribution in [0.15, 0.2) is 42.5 Å². The Kier molecular flexibility index (Phi) is 7.85. The molecule has 2 aliphatic rings. The number of likely N-dealkylation sites (N-methyl/N-ethyl adjacent to an activating group) is 1. The summed E-state index contributed by atoms with van der Waals surface area (Å²) in [5.74, 6) is -0.0114. The summed E-state index contributed by atoms with van der Waals surface area (Å²) in [6.45, 7) is 2.01. The molecule has 4 rings (SSSR count). The van der Waals surface area contributed by atoms with Gasteiger partial charge in [0.15, 0.2) is 0 Å². The van der Waals surface area contributed by atoms with Crippen LogP contribution in [-0.4, -0.2) is 60.4 Å². The number of halogens is 3. The van der Waals surface area contributed by atoms with Crippen molar-refractivity contribution in [2.24, 2.45) is 0 Å². The van der Waals surface area contributed by atoms with E-state index >= 15 is 0 Å². The predicted octanol–water partition coefficient (Wildman–Crippen LogP) is 5.25. The monoisotopic (exact) mass is 507 g/mol. The van der Waals surface area contributed by atoms with Crippen LogP contribution < -0.4 is 5.32 Å². The number of nitrogens with one attached hydrogen (secondary N) is 1. The van der Waals surface area contributed by atoms with Gasteiger partial charge in [-0.3, -0.25) is 9.59 Å². The molecule has 33 heavy (non-hydrogen) atoms. The van der Waals surface area contributed by atoms with E-state index in [1.54, 1.807) is 35.2 Å². The van der Waals surface area contributed by atoms with Gasteiger partial charge < -0.3 is 15.1 Å². The van der Waals surface area contributed by atoms with Crippen LogP contribution in [-0.2, 0) is 4.79 Å². The minimum absolute atomic E-state index is 0.0737. The first-order chi connectivity index (χ1) is 15.8. The molecule has 0 aromatic heterocycles. The van der Waals surface area contributed by atoms with Crippen LogP contribution in [0.5, 0.6) is 0 Å². The molecule has 1 N–H and O–H groups in total. The molecular weight excluding hydrogens is 481 g/mol. The first kappa shape index (κ1) is 24.3. The van der Waals surface area contributed by atoms with Gasteiger partial charge in [-0.2, -0.15) is 0 Å². The Labute approximate surface area is 210 Å². The summed E-state index contributed by atoms with van der Waals surface area (Å²) in [6.07, 6.45) is 3.72. The van der Waals surface area contributed by atoms with Gasteiger partial charge in [-0.1, -0.05) is 47.3 Å². The molecule has 0 bridgehead atoms. The van der Waals surface area contributed by atoms with Crippen LogP contribution in [0.3, 0.4) is 0 Å². The molecule has 0 spiro atoms. The van der Waals surface area contributed by atoms with Gasteiger partial charge >= 0.3 is 0 Å². The van der Waals surface area contributed by atoms with Crippen LogP contribution in [0.2, 0.25) is 15.1 Å². The molecule has 0 radical (unpaired) electrons. The third kappa shape index (κ3) is 5.48. The fraction of sp³-hybridized carbons (Fsp3) is 0.440. The van der Waals surface area contributed by atoms with Crippen LogP contribution in [0, 0.1) is 0 Å². The number of carbonyl (C=O) groups excluding carboxylic acids is 2. The Morgan fingerprint density at radius 3 is 2.42 bits per heavy atom. The van der Waals surface area contributed by atoms with E-state index in [9.17, 15) is 9.59 Å². The minimum Gasteiger partial charge on any atom is -0.341 e. The minimum atomic E-state index is -0.127. The van der Waals surface area contributed by atoms with Crippen molar-refractivity contribution in [2.45, 2.75) is 43.7 Å². The summed E-state index contributed by atoms with van der Waals surface area (Å²) in [5.41, 5.74) is 1.55. The van der Waals surface area contributed by atoms with Crippen molar-refractivity contribution in [3.05, 3.63) is 68.7 Å². The topological polar surface area (TPSA) is 52.7 Å². The maximum absolute atomic E-state index is 13.3. The number of nitrogens with zero attached hydrogens (tertiary/aromatic N) is 2. The number of likely N-dealkylation sites (tertiary alicyclic amines) is 1. The molecule has 2 aromatic carbocycles. The highest BCUT2D eigenvalue weighted by Crippen LogP contribution is 2.35. The highest BCUT2D eigenvalue weighted by molar-refractivity contribution is 6.42. The fourth-order valence-electron chi connectivity index (χ4n) is 4.90. The van der Waals surface area contributed by atoms with Gasteiger partial charge in [0, 0.05) is 42.7 Å². The lowest BCUT2D eigenvalue weighted by Crippen LogP contribution is -2.56. The van der Waals surface area contributed by atoms with Crippen LogP contribution >= 0.6 is 34.8 Å². The zero-order valence-corrected chi connectivity index (χ0v) is 20.8. The van der Waals surface area contributed by atoms with Gasteiger partial charge in [-0.05, 0) is 67.8 Å². The predicted molar refractivity (Wildman–Crippen MR) is 133 cm³/mol. The molecule has 5 nitrogen and oxygen atoms in total. The van der Waals surface area contributed by atoms with Crippen LogP contribution in [0.1, 0.15) is 47.5 Å². The summed E-state index contributed by atoms with van der Waals surface area (Å²) in [5, 5.41) is 4.90. The van der Waals surface area contributed by atoms with Crippen LogP contribution in [0.4, 0.5) is 0 Å². The number of piperidine rings is 2. The lowest BCUT2D eigenvalue weighted by molar-refractivity contribution is -0.135. The van der Waals surface area contributed by atoms with Crippen molar-refractivity contribution in [3.63, 3.8) is 0 Å². The van der Waals surface area contributed by atoms with E-state index in [4.69, 9.17) is 34.8 Å². The maximum Gasteiger partial charge on any atom is 0.253 e. The van der Waals surface area contributed by atoms with Gasteiger partial charge in [-0.25, -0.2) is 0 Å². The molecule has 0 saturated carbocycles. The van der Waals surface area contributed by atoms with Crippen molar-refractivity contribution in [3.8, 4) is 0 Å². The van der Waals surface area contributed by atoms with E-state index in [2.05, 4.69) is 5.32 Å². The van der Waals surface area contributed by atoms with E-state index in [1.165, 1.54) is 0 Å². The number of carbonyl (C=O) groups is 2. The highest BCUT2D eigenvalue weighted by Gasteiger charge is 2.38. The number of hydrogen-bond acceptors (Lipinski definition) is 3. The second kappa shape index (κ2) is 10.6. The summed E-state index contributed by atoms with van der Waals surface area (Å²) in [4.78, 5) is 30.2. The SMILES string of the molecule is CN(C(=O)c1ccc(Cl)cc1)[C@@H]1CCN(C(=O)C2CCCCN2)C[C@H]1c1ccc(Cl)c(Cl)c1. The molecular formula is C25H28Cl3N3O2. The van der Waals surface area contributed by atoms with Crippen molar-refractivity contribution in [1.29, 1.82) is 0 Å². The zero-order valence-electron chi connectivity index (χ0n) is 18.6. The average molecular weight is 509 g/mol. The van der Waals surface area contributed by atoms with E-state index in [0.717, 1.165) is 31.4 Å². The summed E-state index contributed by atoms with van der Waals surface area (Å²) in [6, 6.07) is 12.3. The van der Waals surface area contributed by atoms with Gasteiger partial charge in [0.2, 0.25) is 5.91 Å². The Morgan fingerprint density at radius 2 is 1.76 bits per heavy atom. The Balaban J connectivity index is 1.59. The smallest absolute Gasteiger partial charge is 0.253 e. The first-order valence-electron chi connectivity index (χ1n) is 11.3. The van der Waals surface area contributed by atoms with Crippen molar-refractivity contribution in [1.82, 2.24) is 15.1 Å². The van der Waals surface area contributed by atoms with Crippen molar-refractivity contribution in [2.75, 3.05) is 26.7 Å². The number of benzene rings is 2. The van der Waals surface area contributed by atoms with E-state index in [-0.39, 0.29) is 29.8 Å². The molecule has 3 atom stereocenters.